The van der Waals surface area contributed by atoms with Gasteiger partial charge < -0.3 is 10.4 Å². The summed E-state index contributed by atoms with van der Waals surface area (Å²) in [5.41, 5.74) is 0. The Hall–Kier alpha value is -1.92. The van der Waals surface area contributed by atoms with Gasteiger partial charge in [-0.1, -0.05) is 0 Å². The molecule has 1 amide bonds. The third kappa shape index (κ3) is 4.03. The minimum absolute atomic E-state index is 0.0229. The molecule has 0 bridgehead atoms. The smallest absolute Gasteiger partial charge is 0.306 e. The maximum Gasteiger partial charge on any atom is 0.306 e. The summed E-state index contributed by atoms with van der Waals surface area (Å²) >= 11 is 0. The number of aliphatic carboxylic acids is 1. The first-order chi connectivity index (χ1) is 9.97. The highest BCUT2D eigenvalue weighted by Crippen LogP contribution is 2.30. The third-order valence-corrected chi connectivity index (χ3v) is 3.96. The summed E-state index contributed by atoms with van der Waals surface area (Å²) < 4.78 is 1.83. The van der Waals surface area contributed by atoms with Gasteiger partial charge in [0.05, 0.1) is 5.92 Å². The lowest BCUT2D eigenvalue weighted by Gasteiger charge is -2.11. The van der Waals surface area contributed by atoms with Gasteiger partial charge in [-0.15, -0.1) is 0 Å². The Morgan fingerprint density at radius 1 is 1.33 bits per heavy atom. The molecule has 1 aromatic rings. The molecule has 2 N–H and O–H groups in total. The van der Waals surface area contributed by atoms with E-state index in [1.807, 2.05) is 18.5 Å². The number of aryl methyl sites for hydroxylation is 3. The van der Waals surface area contributed by atoms with Crippen LogP contribution in [0.3, 0.4) is 0 Å². The molecule has 21 heavy (non-hydrogen) atoms. The minimum atomic E-state index is -0.790. The fourth-order valence-electron chi connectivity index (χ4n) is 2.80. The number of nitrogens with zero attached hydrogens (tertiary/aromatic N) is 3. The quantitative estimate of drug-likeness (QED) is 0.760. The van der Waals surface area contributed by atoms with E-state index in [4.69, 9.17) is 5.11 Å². The van der Waals surface area contributed by atoms with E-state index >= 15 is 0 Å². The van der Waals surface area contributed by atoms with E-state index in [2.05, 4.69) is 15.4 Å². The van der Waals surface area contributed by atoms with Crippen LogP contribution in [0.4, 0.5) is 0 Å². The van der Waals surface area contributed by atoms with Gasteiger partial charge in [0, 0.05) is 19.0 Å². The number of rotatable bonds is 6. The Morgan fingerprint density at radius 3 is 2.62 bits per heavy atom. The van der Waals surface area contributed by atoms with Crippen molar-refractivity contribution in [2.75, 3.05) is 6.54 Å². The number of hydrogen-bond acceptors (Lipinski definition) is 4. The first-order valence-corrected chi connectivity index (χ1v) is 7.36. The first kappa shape index (κ1) is 15.5. The van der Waals surface area contributed by atoms with E-state index in [9.17, 15) is 9.59 Å². The number of carbonyl (C=O) groups is 2. The summed E-state index contributed by atoms with van der Waals surface area (Å²) in [5, 5.41) is 16.1. The van der Waals surface area contributed by atoms with Crippen LogP contribution in [0, 0.1) is 25.7 Å². The molecule has 1 saturated carbocycles. The third-order valence-electron chi connectivity index (χ3n) is 3.96. The van der Waals surface area contributed by atoms with Gasteiger partial charge in [0.15, 0.2) is 0 Å². The second-order valence-corrected chi connectivity index (χ2v) is 5.62. The van der Waals surface area contributed by atoms with Crippen LogP contribution >= 0.6 is 0 Å². The fraction of sp³-hybridized carbons (Fsp3) is 0.714. The Morgan fingerprint density at radius 2 is 2.05 bits per heavy atom. The molecule has 0 saturated heterocycles. The van der Waals surface area contributed by atoms with Crippen LogP contribution in [0.2, 0.25) is 0 Å². The Labute approximate surface area is 123 Å². The monoisotopic (exact) mass is 294 g/mol. The van der Waals surface area contributed by atoms with Crippen molar-refractivity contribution in [3.63, 3.8) is 0 Å². The number of carbonyl (C=O) groups excluding carboxylic acids is 1. The molecule has 7 nitrogen and oxygen atoms in total. The molecule has 1 aromatic heterocycles. The van der Waals surface area contributed by atoms with Crippen molar-refractivity contribution in [3.05, 3.63) is 11.6 Å². The minimum Gasteiger partial charge on any atom is -0.481 e. The summed E-state index contributed by atoms with van der Waals surface area (Å²) in [7, 11) is 0. The fourth-order valence-corrected chi connectivity index (χ4v) is 2.80. The van der Waals surface area contributed by atoms with Gasteiger partial charge in [-0.3, -0.25) is 14.3 Å². The van der Waals surface area contributed by atoms with Crippen molar-refractivity contribution in [2.45, 2.75) is 46.1 Å². The zero-order chi connectivity index (χ0) is 15.4. The van der Waals surface area contributed by atoms with Crippen LogP contribution in [0.15, 0.2) is 0 Å². The largest absolute Gasteiger partial charge is 0.481 e. The SMILES string of the molecule is Cc1nc(C)n(CCCNC(=O)[C@H]2CC[C@@H](C(=O)O)C2)n1. The summed E-state index contributed by atoms with van der Waals surface area (Å²) in [6.45, 7) is 5.05. The molecule has 7 heteroatoms. The Kier molecular flexibility index (Phi) is 4.93. The van der Waals surface area contributed by atoms with Gasteiger partial charge in [-0.25, -0.2) is 4.98 Å². The lowest BCUT2D eigenvalue weighted by Crippen LogP contribution is -2.31. The van der Waals surface area contributed by atoms with Gasteiger partial charge in [-0.2, -0.15) is 5.10 Å². The van der Waals surface area contributed by atoms with Crippen molar-refractivity contribution in [1.82, 2.24) is 20.1 Å². The van der Waals surface area contributed by atoms with Gasteiger partial charge in [-0.05, 0) is 39.5 Å². The van der Waals surface area contributed by atoms with Crippen LogP contribution in [-0.2, 0) is 16.1 Å². The Bertz CT molecular complexity index is 526. The molecule has 0 spiro atoms. The highest BCUT2D eigenvalue weighted by molar-refractivity contribution is 5.80. The zero-order valence-corrected chi connectivity index (χ0v) is 12.5. The molecule has 116 valence electrons. The van der Waals surface area contributed by atoms with Crippen LogP contribution in [-0.4, -0.2) is 38.3 Å². The molecule has 1 aliphatic carbocycles. The number of carboxylic acid groups (broad SMARTS) is 1. The predicted molar refractivity (Wildman–Crippen MR) is 75.6 cm³/mol. The molecule has 0 aromatic carbocycles. The van der Waals surface area contributed by atoms with Crippen molar-refractivity contribution in [2.24, 2.45) is 11.8 Å². The van der Waals surface area contributed by atoms with E-state index in [0.717, 1.165) is 24.6 Å². The normalized spacial score (nSPS) is 21.4. The number of nitrogens with one attached hydrogen (secondary N) is 1. The van der Waals surface area contributed by atoms with E-state index < -0.39 is 5.97 Å². The van der Waals surface area contributed by atoms with Gasteiger partial charge in [0.25, 0.3) is 0 Å². The summed E-state index contributed by atoms with van der Waals surface area (Å²) in [6.07, 6.45) is 2.52. The first-order valence-electron chi connectivity index (χ1n) is 7.36. The number of hydrogen-bond donors (Lipinski definition) is 2. The number of aromatic nitrogens is 3. The van der Waals surface area contributed by atoms with Crippen molar-refractivity contribution >= 4 is 11.9 Å². The molecule has 0 unspecified atom stereocenters. The molecule has 1 fully saturated rings. The highest BCUT2D eigenvalue weighted by atomic mass is 16.4. The summed E-state index contributed by atoms with van der Waals surface area (Å²) in [4.78, 5) is 27.1. The molecular weight excluding hydrogens is 272 g/mol. The van der Waals surface area contributed by atoms with Crippen molar-refractivity contribution < 1.29 is 14.7 Å². The van der Waals surface area contributed by atoms with Gasteiger partial charge in [0.2, 0.25) is 5.91 Å². The average molecular weight is 294 g/mol. The molecular formula is C14H22N4O3. The molecule has 0 aliphatic heterocycles. The highest BCUT2D eigenvalue weighted by Gasteiger charge is 2.33. The van der Waals surface area contributed by atoms with Crippen LogP contribution in [0.25, 0.3) is 0 Å². The average Bonchev–Trinajstić information content (AvgIpc) is 3.02. The van der Waals surface area contributed by atoms with Crippen LogP contribution in [0.1, 0.15) is 37.3 Å². The van der Waals surface area contributed by atoms with E-state index in [-0.39, 0.29) is 17.7 Å². The van der Waals surface area contributed by atoms with Gasteiger partial charge in [0.1, 0.15) is 11.6 Å². The summed E-state index contributed by atoms with van der Waals surface area (Å²) in [6, 6.07) is 0. The van der Waals surface area contributed by atoms with E-state index in [1.165, 1.54) is 0 Å². The number of amides is 1. The second kappa shape index (κ2) is 6.69. The van der Waals surface area contributed by atoms with Crippen LogP contribution < -0.4 is 5.32 Å². The lowest BCUT2D eigenvalue weighted by atomic mass is 10.0. The summed E-state index contributed by atoms with van der Waals surface area (Å²) in [5.74, 6) is 0.302. The van der Waals surface area contributed by atoms with Crippen molar-refractivity contribution in [1.29, 1.82) is 0 Å². The van der Waals surface area contributed by atoms with E-state index in [0.29, 0.717) is 25.8 Å². The molecule has 0 radical (unpaired) electrons. The molecule has 1 heterocycles. The standard InChI is InChI=1S/C14H22N4O3/c1-9-16-10(2)18(17-9)7-3-6-15-13(19)11-4-5-12(8-11)14(20)21/h11-12H,3-8H2,1-2H3,(H,15,19)(H,20,21)/t11-,12+/m0/s1. The predicted octanol–water partition coefficient (Wildman–Crippen LogP) is 0.902. The van der Waals surface area contributed by atoms with Crippen LogP contribution in [0.5, 0.6) is 0 Å². The maximum absolute atomic E-state index is 12.0. The molecule has 2 rings (SSSR count). The van der Waals surface area contributed by atoms with Crippen molar-refractivity contribution in [3.8, 4) is 0 Å². The zero-order valence-electron chi connectivity index (χ0n) is 12.5. The van der Waals surface area contributed by atoms with E-state index in [1.54, 1.807) is 0 Å². The lowest BCUT2D eigenvalue weighted by molar-refractivity contribution is -0.141. The molecule has 2 atom stereocenters. The second-order valence-electron chi connectivity index (χ2n) is 5.62. The Balaban J connectivity index is 1.68. The van der Waals surface area contributed by atoms with Gasteiger partial charge >= 0.3 is 5.97 Å². The number of carboxylic acids is 1. The maximum atomic E-state index is 12.0. The molecule has 1 aliphatic rings. The topological polar surface area (TPSA) is 97.1 Å².